The summed E-state index contributed by atoms with van der Waals surface area (Å²) in [5.74, 6) is 1.13. The standard InChI is InChI=1S/C49H50N7O12P/c1-31-26-55(48(59)54-46(31)57)40-23-24-42(67-40)64-30-69(60,63-4)68-38-25-41(56-29-52-43-44(50-28-51-45(43)56)53-47(58)32-11-7-5-8-12-32)66-39(38)27-65-49(33-13-9-6-10-14-33,34-15-19-36(61-2)20-16-34)35-17-21-37(62-3)22-18-35/h5-22,26,28-29,38-42H,23-25,27,30H2,1-4H3,(H,54,57,59)(H,50,51,53,58)/t38-,39-,40-,41-,42+,69?/m1/s1. The highest BCUT2D eigenvalue weighted by atomic mass is 31.2. The molecule has 2 aliphatic heterocycles. The van der Waals surface area contributed by atoms with E-state index in [1.54, 1.807) is 50.0 Å². The van der Waals surface area contributed by atoms with E-state index >= 15 is 0 Å². The molecule has 0 saturated carbocycles. The van der Waals surface area contributed by atoms with Crippen LogP contribution in [0.3, 0.4) is 0 Å². The van der Waals surface area contributed by atoms with E-state index in [1.807, 2.05) is 84.9 Å². The number of aryl methyl sites for hydroxylation is 1. The third kappa shape index (κ3) is 9.89. The van der Waals surface area contributed by atoms with Crippen molar-refractivity contribution in [3.05, 3.63) is 177 Å². The van der Waals surface area contributed by atoms with Crippen molar-refractivity contribution in [3.63, 3.8) is 0 Å². The highest BCUT2D eigenvalue weighted by molar-refractivity contribution is 7.53. The summed E-state index contributed by atoms with van der Waals surface area (Å²) in [6.07, 6.45) is 0.380. The lowest BCUT2D eigenvalue weighted by Crippen LogP contribution is -2.38. The van der Waals surface area contributed by atoms with Crippen LogP contribution in [0.25, 0.3) is 11.2 Å². The fraction of sp³-hybridized carbons (Fsp3) is 0.306. The monoisotopic (exact) mass is 959 g/mol. The predicted molar refractivity (Wildman–Crippen MR) is 251 cm³/mol. The number of anilines is 1. The van der Waals surface area contributed by atoms with Gasteiger partial charge >= 0.3 is 13.3 Å². The van der Waals surface area contributed by atoms with E-state index < -0.39 is 61.7 Å². The molecule has 1 amide bonds. The maximum atomic E-state index is 14.7. The fourth-order valence-electron chi connectivity index (χ4n) is 8.56. The smallest absolute Gasteiger partial charge is 0.356 e. The average molecular weight is 960 g/mol. The van der Waals surface area contributed by atoms with Gasteiger partial charge in [0.15, 0.2) is 29.6 Å². The first-order chi connectivity index (χ1) is 33.5. The Morgan fingerprint density at radius 2 is 1.46 bits per heavy atom. The van der Waals surface area contributed by atoms with E-state index in [-0.39, 0.29) is 24.8 Å². The summed E-state index contributed by atoms with van der Waals surface area (Å²) in [5.41, 5.74) is 1.46. The molecule has 5 heterocycles. The van der Waals surface area contributed by atoms with Gasteiger partial charge in [0.1, 0.15) is 48.1 Å². The molecule has 2 saturated heterocycles. The van der Waals surface area contributed by atoms with Gasteiger partial charge in [-0.15, -0.1) is 0 Å². The van der Waals surface area contributed by atoms with E-state index in [9.17, 15) is 18.9 Å². The number of imidazole rings is 1. The topological polar surface area (TPSA) is 218 Å². The zero-order valence-electron chi connectivity index (χ0n) is 38.1. The van der Waals surface area contributed by atoms with Crippen LogP contribution in [0, 0.1) is 6.92 Å². The van der Waals surface area contributed by atoms with Gasteiger partial charge in [-0.25, -0.2) is 19.7 Å². The molecule has 0 spiro atoms. The van der Waals surface area contributed by atoms with Crippen LogP contribution in [0.15, 0.2) is 138 Å². The van der Waals surface area contributed by atoms with Gasteiger partial charge in [-0.1, -0.05) is 72.8 Å². The summed E-state index contributed by atoms with van der Waals surface area (Å²) in [6.45, 7) is 1.48. The molecular formula is C49H50N7O12P. The average Bonchev–Trinajstić information content (AvgIpc) is 4.15. The Labute approximate surface area is 395 Å². The highest BCUT2D eigenvalue weighted by Gasteiger charge is 2.46. The number of ether oxygens (including phenoxy) is 6. The molecule has 9 rings (SSSR count). The van der Waals surface area contributed by atoms with E-state index in [0.717, 1.165) is 16.7 Å². The van der Waals surface area contributed by atoms with Gasteiger partial charge in [0.2, 0.25) is 0 Å². The van der Waals surface area contributed by atoms with Crippen molar-refractivity contribution in [2.24, 2.45) is 0 Å². The number of aromatic nitrogens is 6. The molecule has 3 aromatic heterocycles. The maximum Gasteiger partial charge on any atom is 0.356 e. The number of benzene rings is 4. The minimum absolute atomic E-state index is 0.112. The molecule has 0 radical (unpaired) electrons. The van der Waals surface area contributed by atoms with Crippen LogP contribution in [0.1, 0.15) is 64.3 Å². The summed E-state index contributed by atoms with van der Waals surface area (Å²) in [6, 6.07) is 33.7. The largest absolute Gasteiger partial charge is 0.497 e. The zero-order valence-corrected chi connectivity index (χ0v) is 39.0. The van der Waals surface area contributed by atoms with Crippen molar-refractivity contribution in [1.82, 2.24) is 29.1 Å². The normalized spacial score (nSPS) is 20.1. The first-order valence-electron chi connectivity index (χ1n) is 22.1. The number of rotatable bonds is 18. The zero-order chi connectivity index (χ0) is 48.1. The van der Waals surface area contributed by atoms with Crippen molar-refractivity contribution >= 4 is 30.5 Å². The number of H-pyrrole nitrogens is 1. The Balaban J connectivity index is 1.03. The Bertz CT molecular complexity index is 3010. The molecule has 69 heavy (non-hydrogen) atoms. The van der Waals surface area contributed by atoms with Crippen LogP contribution in [0.2, 0.25) is 0 Å². The van der Waals surface area contributed by atoms with Gasteiger partial charge in [-0.2, -0.15) is 0 Å². The second kappa shape index (κ2) is 20.4. The fourth-order valence-corrected chi connectivity index (χ4v) is 9.80. The van der Waals surface area contributed by atoms with Crippen molar-refractivity contribution < 1.29 is 46.8 Å². The van der Waals surface area contributed by atoms with Crippen LogP contribution in [0.5, 0.6) is 11.5 Å². The Morgan fingerprint density at radius 3 is 2.12 bits per heavy atom. The molecule has 2 aliphatic rings. The van der Waals surface area contributed by atoms with Gasteiger partial charge in [0.25, 0.3) is 11.5 Å². The molecule has 2 N–H and O–H groups in total. The van der Waals surface area contributed by atoms with Gasteiger partial charge in [0.05, 0.1) is 27.2 Å². The van der Waals surface area contributed by atoms with E-state index in [2.05, 4.69) is 25.3 Å². The summed E-state index contributed by atoms with van der Waals surface area (Å²) in [5, 5.41) is 2.84. The first-order valence-corrected chi connectivity index (χ1v) is 23.8. The molecule has 4 aromatic carbocycles. The second-order valence-electron chi connectivity index (χ2n) is 16.4. The summed E-state index contributed by atoms with van der Waals surface area (Å²) >= 11 is 0. The lowest BCUT2D eigenvalue weighted by molar-refractivity contribution is -0.143. The Hall–Kier alpha value is -6.83. The third-order valence-corrected chi connectivity index (χ3v) is 13.8. The minimum Gasteiger partial charge on any atom is -0.497 e. The minimum atomic E-state index is -4.10. The molecule has 19 nitrogen and oxygen atoms in total. The predicted octanol–water partition coefficient (Wildman–Crippen LogP) is 7.08. The highest BCUT2D eigenvalue weighted by Crippen LogP contribution is 2.53. The number of aromatic amines is 1. The molecule has 20 heteroatoms. The maximum absolute atomic E-state index is 14.7. The molecule has 358 valence electrons. The van der Waals surface area contributed by atoms with Gasteiger partial charge in [-0.05, 0) is 66.4 Å². The van der Waals surface area contributed by atoms with Crippen LogP contribution < -0.4 is 26.0 Å². The number of carbonyl (C=O) groups excluding carboxylic acids is 1. The quantitative estimate of drug-likeness (QED) is 0.0648. The summed E-state index contributed by atoms with van der Waals surface area (Å²) < 4.78 is 67.0. The summed E-state index contributed by atoms with van der Waals surface area (Å²) in [7, 11) is 0.373. The van der Waals surface area contributed by atoms with E-state index in [4.69, 9.17) is 37.5 Å². The third-order valence-electron chi connectivity index (χ3n) is 12.2. The number of hydrogen-bond acceptors (Lipinski definition) is 15. The number of nitrogens with one attached hydrogen (secondary N) is 2. The molecule has 0 bridgehead atoms. The Morgan fingerprint density at radius 1 is 0.812 bits per heavy atom. The summed E-state index contributed by atoms with van der Waals surface area (Å²) in [4.78, 5) is 53.6. The number of methoxy groups -OCH3 is 2. The molecule has 6 atom stereocenters. The Kier molecular flexibility index (Phi) is 14.0. The number of amides is 1. The molecule has 7 aromatic rings. The molecule has 0 aliphatic carbocycles. The SMILES string of the molecule is COc1ccc(C(OC[C@H]2O[C@@H](n3cnc4c(NC(=O)c5ccccc5)ncnc43)C[C@H]2OP(=O)(CO[C@@H]2CC[C@H](n3cc(C)c(=O)[nH]c3=O)O2)OC)(c2ccccc2)c2ccc(OC)cc2)cc1. The lowest BCUT2D eigenvalue weighted by atomic mass is 9.80. The first kappa shape index (κ1) is 47.2. The van der Waals surface area contributed by atoms with Gasteiger partial charge < -0.3 is 42.8 Å². The van der Waals surface area contributed by atoms with Crippen molar-refractivity contribution in [2.75, 3.05) is 39.6 Å². The van der Waals surface area contributed by atoms with Crippen LogP contribution >= 0.6 is 7.60 Å². The number of hydrogen-bond donors (Lipinski definition) is 2. The van der Waals surface area contributed by atoms with E-state index in [0.29, 0.717) is 46.6 Å². The molecule has 1 unspecified atom stereocenters. The van der Waals surface area contributed by atoms with Crippen molar-refractivity contribution in [1.29, 1.82) is 0 Å². The van der Waals surface area contributed by atoms with Gasteiger partial charge in [0, 0.05) is 37.3 Å². The van der Waals surface area contributed by atoms with Crippen LogP contribution in [-0.2, 0) is 38.2 Å². The lowest BCUT2D eigenvalue weighted by Gasteiger charge is -2.37. The van der Waals surface area contributed by atoms with Crippen molar-refractivity contribution in [3.8, 4) is 11.5 Å². The molecule has 2 fully saturated rings. The van der Waals surface area contributed by atoms with Crippen LogP contribution in [0.4, 0.5) is 5.82 Å². The van der Waals surface area contributed by atoms with Gasteiger partial charge in [-0.3, -0.25) is 28.3 Å². The second-order valence-corrected chi connectivity index (χ2v) is 18.4. The van der Waals surface area contributed by atoms with Crippen LogP contribution in [-0.4, -0.2) is 87.8 Å². The van der Waals surface area contributed by atoms with E-state index in [1.165, 1.54) is 30.5 Å². The number of fused-ring (bicyclic) bond motifs is 1. The van der Waals surface area contributed by atoms with Crippen molar-refractivity contribution in [2.45, 2.75) is 62.7 Å². The number of carbonyl (C=O) groups is 1. The molecular weight excluding hydrogens is 910 g/mol. The number of nitrogens with zero attached hydrogens (tertiary/aromatic N) is 5.